The lowest BCUT2D eigenvalue weighted by Gasteiger charge is -2.46. The van der Waals surface area contributed by atoms with Crippen LogP contribution in [-0.4, -0.2) is 36.5 Å². The second kappa shape index (κ2) is 7.31. The third-order valence-electron chi connectivity index (χ3n) is 4.13. The molecule has 1 amide bonds. The molecule has 6 nitrogen and oxygen atoms in total. The van der Waals surface area contributed by atoms with Crippen molar-refractivity contribution in [3.8, 4) is 0 Å². The molecule has 0 spiro atoms. The van der Waals surface area contributed by atoms with E-state index in [1.54, 1.807) is 12.1 Å². The zero-order valence-corrected chi connectivity index (χ0v) is 15.2. The van der Waals surface area contributed by atoms with Crippen molar-refractivity contribution in [3.05, 3.63) is 78.4 Å². The Morgan fingerprint density at radius 2 is 1.85 bits per heavy atom. The minimum Gasteiger partial charge on any atom is -0.444 e. The Kier molecular flexibility index (Phi) is 5.11. The van der Waals surface area contributed by atoms with Crippen molar-refractivity contribution >= 4 is 16.1 Å². The Morgan fingerprint density at radius 1 is 1.19 bits per heavy atom. The second-order valence-electron chi connectivity index (χ2n) is 6.02. The van der Waals surface area contributed by atoms with Crippen LogP contribution in [0.1, 0.15) is 11.1 Å². The summed E-state index contributed by atoms with van der Waals surface area (Å²) in [6, 6.07) is 15.2. The molecule has 1 fully saturated rings. The van der Waals surface area contributed by atoms with Crippen LogP contribution in [0.15, 0.2) is 72.1 Å². The van der Waals surface area contributed by atoms with E-state index in [0.29, 0.717) is 0 Å². The molecule has 3 rings (SSSR count). The molecule has 1 aliphatic rings. The number of carbonyl (C=O) groups is 1. The Labute approximate surface area is 153 Å². The van der Waals surface area contributed by atoms with E-state index in [1.165, 1.54) is 18.2 Å². The average Bonchev–Trinajstić information content (AvgIpc) is 2.60. The average molecular weight is 372 g/mol. The van der Waals surface area contributed by atoms with Crippen molar-refractivity contribution in [2.75, 3.05) is 6.54 Å². The molecule has 0 aromatic heterocycles. The number of ether oxygens (including phenoxy) is 1. The van der Waals surface area contributed by atoms with Crippen molar-refractivity contribution in [2.24, 2.45) is 0 Å². The molecule has 136 valence electrons. The highest BCUT2D eigenvalue weighted by Gasteiger charge is 2.47. The van der Waals surface area contributed by atoms with Gasteiger partial charge in [-0.25, -0.2) is 18.2 Å². The van der Waals surface area contributed by atoms with Gasteiger partial charge in [0, 0.05) is 0 Å². The molecule has 26 heavy (non-hydrogen) atoms. The molecule has 0 aliphatic carbocycles. The van der Waals surface area contributed by atoms with Crippen LogP contribution in [0.25, 0.3) is 0 Å². The van der Waals surface area contributed by atoms with Crippen molar-refractivity contribution in [2.45, 2.75) is 24.5 Å². The molecule has 2 aromatic rings. The fourth-order valence-electron chi connectivity index (χ4n) is 2.65. The van der Waals surface area contributed by atoms with Crippen molar-refractivity contribution < 1.29 is 17.9 Å². The first-order valence-corrected chi connectivity index (χ1v) is 9.59. The van der Waals surface area contributed by atoms with Crippen LogP contribution in [0.4, 0.5) is 4.79 Å². The number of hydrogen-bond acceptors (Lipinski definition) is 4. The van der Waals surface area contributed by atoms with Crippen LogP contribution < -0.4 is 0 Å². The molecule has 0 radical (unpaired) electrons. The van der Waals surface area contributed by atoms with Crippen LogP contribution in [0.5, 0.6) is 0 Å². The van der Waals surface area contributed by atoms with Crippen LogP contribution in [0.3, 0.4) is 0 Å². The molecule has 0 bridgehead atoms. The predicted octanol–water partition coefficient (Wildman–Crippen LogP) is 3.11. The van der Waals surface area contributed by atoms with Gasteiger partial charge in [0.1, 0.15) is 6.61 Å². The van der Waals surface area contributed by atoms with E-state index < -0.39 is 22.2 Å². The summed E-state index contributed by atoms with van der Waals surface area (Å²) in [6.07, 6.45) is 0.801. The van der Waals surface area contributed by atoms with Gasteiger partial charge in [-0.1, -0.05) is 58.5 Å². The summed E-state index contributed by atoms with van der Waals surface area (Å²) in [4.78, 5) is 12.5. The lowest BCUT2D eigenvalue weighted by Crippen LogP contribution is -2.67. The summed E-state index contributed by atoms with van der Waals surface area (Å²) in [5, 5.41) is 1.09. The normalized spacial score (nSPS) is 17.4. The molecule has 1 heterocycles. The molecular weight excluding hydrogens is 352 g/mol. The smallest absolute Gasteiger partial charge is 0.425 e. The fourth-order valence-corrected chi connectivity index (χ4v) is 4.25. The van der Waals surface area contributed by atoms with E-state index in [1.807, 2.05) is 37.3 Å². The van der Waals surface area contributed by atoms with E-state index in [0.717, 1.165) is 20.6 Å². The number of sulfonamides is 1. The Hall–Kier alpha value is -2.64. The number of benzene rings is 2. The molecule has 1 saturated heterocycles. The first kappa shape index (κ1) is 18.2. The first-order valence-electron chi connectivity index (χ1n) is 8.15. The zero-order valence-electron chi connectivity index (χ0n) is 14.4. The number of carbonyl (C=O) groups excluding carboxylic acids is 1. The predicted molar refractivity (Wildman–Crippen MR) is 97.5 cm³/mol. The van der Waals surface area contributed by atoms with Crippen molar-refractivity contribution in [3.63, 3.8) is 0 Å². The maximum absolute atomic E-state index is 12.9. The van der Waals surface area contributed by atoms with Gasteiger partial charge in [0.2, 0.25) is 0 Å². The largest absolute Gasteiger partial charge is 0.444 e. The molecule has 0 unspecified atom stereocenters. The summed E-state index contributed by atoms with van der Waals surface area (Å²) in [6.45, 7) is 5.82. The van der Waals surface area contributed by atoms with Gasteiger partial charge >= 0.3 is 6.09 Å². The highest BCUT2D eigenvalue weighted by Crippen LogP contribution is 2.29. The summed E-state index contributed by atoms with van der Waals surface area (Å²) in [5.41, 5.74) is 1.78. The van der Waals surface area contributed by atoms with Gasteiger partial charge in [-0.15, -0.1) is 6.58 Å². The van der Waals surface area contributed by atoms with Gasteiger partial charge in [-0.05, 0) is 24.6 Å². The third-order valence-corrected chi connectivity index (χ3v) is 5.96. The van der Waals surface area contributed by atoms with Crippen molar-refractivity contribution in [1.29, 1.82) is 0 Å². The summed E-state index contributed by atoms with van der Waals surface area (Å²) < 4.78 is 32.1. The molecule has 1 aliphatic heterocycles. The van der Waals surface area contributed by atoms with Crippen LogP contribution in [0, 0.1) is 6.92 Å². The highest BCUT2D eigenvalue weighted by molar-refractivity contribution is 7.89. The number of hydrogen-bond donors (Lipinski definition) is 0. The molecule has 1 atom stereocenters. The summed E-state index contributed by atoms with van der Waals surface area (Å²) >= 11 is 0. The van der Waals surface area contributed by atoms with E-state index in [-0.39, 0.29) is 18.0 Å². The van der Waals surface area contributed by atoms with Crippen LogP contribution in [-0.2, 0) is 21.4 Å². The Balaban J connectivity index is 1.76. The Bertz CT molecular complexity index is 895. The molecular formula is C19H20N2O4S. The number of hydrazine groups is 1. The standard InChI is InChI=1S/C19H20N2O4S/c1-3-17-13-20(19(22)25-14-16-7-5-4-6-8-16)21(17)26(23,24)18-11-9-15(2)10-12-18/h3-12,17H,1,13-14H2,2H3/t17-/m0/s1. The van der Waals surface area contributed by atoms with Crippen LogP contribution >= 0.6 is 0 Å². The SMILES string of the molecule is C=C[C@H]1CN(C(=O)OCc2ccccc2)N1S(=O)(=O)c1ccc(C)cc1. The first-order chi connectivity index (χ1) is 12.4. The minimum absolute atomic E-state index is 0.0767. The highest BCUT2D eigenvalue weighted by atomic mass is 32.2. The topological polar surface area (TPSA) is 66.9 Å². The lowest BCUT2D eigenvalue weighted by atomic mass is 10.2. The quantitative estimate of drug-likeness (QED) is 0.757. The Morgan fingerprint density at radius 3 is 2.46 bits per heavy atom. The van der Waals surface area contributed by atoms with Crippen LogP contribution in [0.2, 0.25) is 0 Å². The van der Waals surface area contributed by atoms with Gasteiger partial charge in [0.25, 0.3) is 10.0 Å². The van der Waals surface area contributed by atoms with Gasteiger partial charge in [0.15, 0.2) is 0 Å². The molecule has 7 heteroatoms. The van der Waals surface area contributed by atoms with E-state index in [9.17, 15) is 13.2 Å². The maximum atomic E-state index is 12.9. The number of amides is 1. The minimum atomic E-state index is -3.87. The van der Waals surface area contributed by atoms with Gasteiger partial charge in [0.05, 0.1) is 17.5 Å². The number of nitrogens with zero attached hydrogens (tertiary/aromatic N) is 2. The van der Waals surface area contributed by atoms with E-state index in [4.69, 9.17) is 4.74 Å². The molecule has 2 aromatic carbocycles. The van der Waals surface area contributed by atoms with E-state index in [2.05, 4.69) is 6.58 Å². The number of rotatable bonds is 5. The fraction of sp³-hybridized carbons (Fsp3) is 0.211. The lowest BCUT2D eigenvalue weighted by molar-refractivity contribution is -0.0564. The summed E-state index contributed by atoms with van der Waals surface area (Å²) in [5.74, 6) is 0. The molecule has 0 N–H and O–H groups in total. The monoisotopic (exact) mass is 372 g/mol. The van der Waals surface area contributed by atoms with Gasteiger partial charge < -0.3 is 4.74 Å². The second-order valence-corrected chi connectivity index (χ2v) is 7.81. The summed E-state index contributed by atoms with van der Waals surface area (Å²) in [7, 11) is -3.87. The third kappa shape index (κ3) is 3.49. The zero-order chi connectivity index (χ0) is 18.7. The van der Waals surface area contributed by atoms with Gasteiger partial charge in [-0.3, -0.25) is 0 Å². The molecule has 0 saturated carbocycles. The van der Waals surface area contributed by atoms with E-state index >= 15 is 0 Å². The number of aryl methyl sites for hydroxylation is 1. The maximum Gasteiger partial charge on any atom is 0.425 e. The van der Waals surface area contributed by atoms with Crippen molar-refractivity contribution in [1.82, 2.24) is 9.42 Å². The van der Waals surface area contributed by atoms with Gasteiger partial charge in [-0.2, -0.15) is 0 Å².